The van der Waals surface area contributed by atoms with Crippen LogP contribution in [0.1, 0.15) is 21.7 Å². The average molecular weight is 429 g/mol. The van der Waals surface area contributed by atoms with Gasteiger partial charge in [-0.3, -0.25) is 9.78 Å². The molecule has 7 heteroatoms. The van der Waals surface area contributed by atoms with Crippen molar-refractivity contribution in [1.29, 1.82) is 0 Å². The van der Waals surface area contributed by atoms with Gasteiger partial charge in [0, 0.05) is 35.5 Å². The van der Waals surface area contributed by atoms with Crippen LogP contribution < -0.4 is 10.1 Å². The zero-order valence-corrected chi connectivity index (χ0v) is 17.3. The number of hydrogen-bond acceptors (Lipinski definition) is 5. The van der Waals surface area contributed by atoms with Gasteiger partial charge in [-0.05, 0) is 36.8 Å². The Hall–Kier alpha value is -4.00. The van der Waals surface area contributed by atoms with Crippen LogP contribution in [0.25, 0.3) is 22.4 Å². The first-order valence-electron chi connectivity index (χ1n) is 10.3. The van der Waals surface area contributed by atoms with Crippen LogP contribution in [-0.4, -0.2) is 28.7 Å². The molecule has 3 heterocycles. The molecule has 1 amide bonds. The standard InChI is InChI=1S/C25H20FN3O3/c1-15-22(23(29-32-15)17-5-3-2-4-6-17)25(30)28-14-18-13-20-21(26)8-7-19(24(20)31-18)16-9-11-27-12-10-16/h2-12,18H,13-14H2,1H3,(H,28,30)/t18-/m0/s1. The molecule has 5 rings (SSSR count). The Morgan fingerprint density at radius 2 is 1.88 bits per heavy atom. The van der Waals surface area contributed by atoms with E-state index in [9.17, 15) is 9.18 Å². The number of fused-ring (bicyclic) bond motifs is 1. The molecule has 2 aromatic carbocycles. The SMILES string of the molecule is Cc1onc(-c2ccccc2)c1C(=O)NC[C@@H]1Cc2c(F)ccc(-c3ccncc3)c2O1. The zero-order valence-electron chi connectivity index (χ0n) is 17.3. The number of rotatable bonds is 5. The van der Waals surface area contributed by atoms with Crippen molar-refractivity contribution >= 4 is 5.91 Å². The summed E-state index contributed by atoms with van der Waals surface area (Å²) in [5.74, 6) is 0.328. The summed E-state index contributed by atoms with van der Waals surface area (Å²) >= 11 is 0. The number of benzene rings is 2. The molecule has 6 nitrogen and oxygen atoms in total. The third kappa shape index (κ3) is 3.62. The summed E-state index contributed by atoms with van der Waals surface area (Å²) in [4.78, 5) is 17.0. The van der Waals surface area contributed by atoms with Crippen molar-refractivity contribution < 1.29 is 18.4 Å². The number of carbonyl (C=O) groups is 1. The maximum Gasteiger partial charge on any atom is 0.257 e. The fourth-order valence-electron chi connectivity index (χ4n) is 3.96. The van der Waals surface area contributed by atoms with Crippen LogP contribution in [0, 0.1) is 12.7 Å². The van der Waals surface area contributed by atoms with Crippen LogP contribution in [0.2, 0.25) is 0 Å². The van der Waals surface area contributed by atoms with E-state index < -0.39 is 0 Å². The molecule has 1 atom stereocenters. The number of halogens is 1. The Morgan fingerprint density at radius 1 is 1.09 bits per heavy atom. The van der Waals surface area contributed by atoms with Gasteiger partial charge in [0.15, 0.2) is 0 Å². The predicted molar refractivity (Wildman–Crippen MR) is 117 cm³/mol. The second-order valence-electron chi connectivity index (χ2n) is 7.62. The van der Waals surface area contributed by atoms with Gasteiger partial charge >= 0.3 is 0 Å². The summed E-state index contributed by atoms with van der Waals surface area (Å²) in [5, 5.41) is 6.95. The molecule has 1 N–H and O–H groups in total. The third-order valence-electron chi connectivity index (χ3n) is 5.54. The molecular weight excluding hydrogens is 409 g/mol. The number of ether oxygens (including phenoxy) is 1. The van der Waals surface area contributed by atoms with Crippen molar-refractivity contribution in [2.45, 2.75) is 19.4 Å². The van der Waals surface area contributed by atoms with Gasteiger partial charge < -0.3 is 14.6 Å². The Morgan fingerprint density at radius 3 is 2.66 bits per heavy atom. The van der Waals surface area contributed by atoms with E-state index in [0.29, 0.717) is 34.8 Å². The number of aryl methyl sites for hydroxylation is 1. The molecule has 0 unspecified atom stereocenters. The Balaban J connectivity index is 1.33. The zero-order chi connectivity index (χ0) is 22.1. The van der Waals surface area contributed by atoms with Crippen molar-refractivity contribution in [3.63, 3.8) is 0 Å². The highest BCUT2D eigenvalue weighted by molar-refractivity contribution is 6.00. The quantitative estimate of drug-likeness (QED) is 0.502. The van der Waals surface area contributed by atoms with E-state index in [2.05, 4.69) is 15.5 Å². The lowest BCUT2D eigenvalue weighted by atomic mass is 10.0. The second kappa shape index (κ2) is 8.26. The number of carbonyl (C=O) groups excluding carboxylic acids is 1. The number of hydrogen-bond donors (Lipinski definition) is 1. The smallest absolute Gasteiger partial charge is 0.257 e. The molecular formula is C25H20FN3O3. The first-order chi connectivity index (χ1) is 15.6. The molecule has 1 aliphatic heterocycles. The lowest BCUT2D eigenvalue weighted by molar-refractivity contribution is 0.0932. The van der Waals surface area contributed by atoms with E-state index >= 15 is 0 Å². The van der Waals surface area contributed by atoms with E-state index in [0.717, 1.165) is 16.7 Å². The fourth-order valence-corrected chi connectivity index (χ4v) is 3.96. The Labute approximate surface area is 184 Å². The predicted octanol–water partition coefficient (Wildman–Crippen LogP) is 4.58. The minimum Gasteiger partial charge on any atom is -0.487 e. The second-order valence-corrected chi connectivity index (χ2v) is 7.62. The van der Waals surface area contributed by atoms with E-state index in [4.69, 9.17) is 9.26 Å². The van der Waals surface area contributed by atoms with E-state index in [1.54, 1.807) is 25.4 Å². The largest absolute Gasteiger partial charge is 0.487 e. The highest BCUT2D eigenvalue weighted by Gasteiger charge is 2.30. The maximum absolute atomic E-state index is 14.5. The van der Waals surface area contributed by atoms with Gasteiger partial charge in [-0.25, -0.2) is 4.39 Å². The van der Waals surface area contributed by atoms with E-state index in [-0.39, 0.29) is 24.4 Å². The average Bonchev–Trinajstić information content (AvgIpc) is 3.43. The molecule has 0 spiro atoms. The van der Waals surface area contributed by atoms with Gasteiger partial charge in [0.25, 0.3) is 5.91 Å². The first kappa shape index (κ1) is 19.9. The van der Waals surface area contributed by atoms with Gasteiger partial charge in [-0.1, -0.05) is 35.5 Å². The normalized spacial score (nSPS) is 14.6. The van der Waals surface area contributed by atoms with Gasteiger partial charge in [0.05, 0.1) is 6.54 Å². The third-order valence-corrected chi connectivity index (χ3v) is 5.54. The van der Waals surface area contributed by atoms with Crippen molar-refractivity contribution in [2.24, 2.45) is 0 Å². The molecule has 2 aromatic heterocycles. The minimum atomic E-state index is -0.383. The fraction of sp³-hybridized carbons (Fsp3) is 0.160. The van der Waals surface area contributed by atoms with Gasteiger partial charge in [0.2, 0.25) is 0 Å². The molecule has 160 valence electrons. The molecule has 0 saturated heterocycles. The molecule has 32 heavy (non-hydrogen) atoms. The van der Waals surface area contributed by atoms with Crippen molar-refractivity contribution in [1.82, 2.24) is 15.5 Å². The van der Waals surface area contributed by atoms with Crippen molar-refractivity contribution in [2.75, 3.05) is 6.54 Å². The molecule has 0 saturated carbocycles. The van der Waals surface area contributed by atoms with Gasteiger partial charge in [0.1, 0.15) is 34.7 Å². The van der Waals surface area contributed by atoms with Crippen LogP contribution in [0.3, 0.4) is 0 Å². The number of pyridine rings is 1. The summed E-state index contributed by atoms with van der Waals surface area (Å²) < 4.78 is 25.8. The molecule has 4 aromatic rings. The molecule has 0 radical (unpaired) electrons. The van der Waals surface area contributed by atoms with Crippen LogP contribution in [-0.2, 0) is 6.42 Å². The van der Waals surface area contributed by atoms with Crippen LogP contribution >= 0.6 is 0 Å². The topological polar surface area (TPSA) is 77.3 Å². The molecule has 0 bridgehead atoms. The summed E-state index contributed by atoms with van der Waals surface area (Å²) in [6.07, 6.45) is 3.35. The number of nitrogens with zero attached hydrogens (tertiary/aromatic N) is 2. The lowest BCUT2D eigenvalue weighted by Gasteiger charge is -2.14. The lowest BCUT2D eigenvalue weighted by Crippen LogP contribution is -2.34. The molecule has 0 fully saturated rings. The highest BCUT2D eigenvalue weighted by Crippen LogP contribution is 2.40. The minimum absolute atomic E-state index is 0.224. The van der Waals surface area contributed by atoms with Crippen LogP contribution in [0.4, 0.5) is 4.39 Å². The van der Waals surface area contributed by atoms with Crippen LogP contribution in [0.15, 0.2) is 71.5 Å². The highest BCUT2D eigenvalue weighted by atomic mass is 19.1. The van der Waals surface area contributed by atoms with Crippen molar-refractivity contribution in [3.8, 4) is 28.1 Å². The first-order valence-corrected chi connectivity index (χ1v) is 10.3. The summed E-state index contributed by atoms with van der Waals surface area (Å²) in [6.45, 7) is 1.92. The Kier molecular flexibility index (Phi) is 5.15. The van der Waals surface area contributed by atoms with Gasteiger partial charge in [-0.15, -0.1) is 0 Å². The van der Waals surface area contributed by atoms with Crippen molar-refractivity contribution in [3.05, 3.63) is 89.7 Å². The Bertz CT molecular complexity index is 1270. The van der Waals surface area contributed by atoms with Crippen LogP contribution in [0.5, 0.6) is 5.75 Å². The number of aromatic nitrogens is 2. The summed E-state index contributed by atoms with van der Waals surface area (Å²) in [5.41, 5.74) is 3.89. The number of amides is 1. The van der Waals surface area contributed by atoms with Gasteiger partial charge in [-0.2, -0.15) is 0 Å². The summed E-state index contributed by atoms with van der Waals surface area (Å²) in [6, 6.07) is 16.2. The van der Waals surface area contributed by atoms with E-state index in [1.807, 2.05) is 42.5 Å². The molecule has 0 aliphatic carbocycles. The molecule has 1 aliphatic rings. The van der Waals surface area contributed by atoms with E-state index in [1.165, 1.54) is 6.07 Å². The maximum atomic E-state index is 14.5. The monoisotopic (exact) mass is 429 g/mol. The summed E-state index contributed by atoms with van der Waals surface area (Å²) in [7, 11) is 0. The number of nitrogens with one attached hydrogen (secondary N) is 1.